The third-order valence-electron chi connectivity index (χ3n) is 3.52. The van der Waals surface area contributed by atoms with Gasteiger partial charge in [-0.25, -0.2) is 0 Å². The van der Waals surface area contributed by atoms with Crippen LogP contribution in [0.4, 0.5) is 0 Å². The van der Waals surface area contributed by atoms with Crippen molar-refractivity contribution in [3.63, 3.8) is 0 Å². The first kappa shape index (κ1) is 15.4. The monoisotopic (exact) mass is 289 g/mol. The lowest BCUT2D eigenvalue weighted by molar-refractivity contribution is 0.384. The van der Waals surface area contributed by atoms with E-state index in [1.165, 1.54) is 0 Å². The first-order chi connectivity index (χ1) is 10.3. The lowest BCUT2D eigenvalue weighted by atomic mass is 9.99. The number of benzene rings is 1. The van der Waals surface area contributed by atoms with E-state index in [1.54, 1.807) is 20.5 Å². The van der Waals surface area contributed by atoms with Gasteiger partial charge in [0.15, 0.2) is 0 Å². The number of aryl methyl sites for hydroxylation is 1. The molecule has 4 nitrogen and oxygen atoms in total. The van der Waals surface area contributed by atoms with Crippen LogP contribution in [0.15, 0.2) is 41.0 Å². The summed E-state index contributed by atoms with van der Waals surface area (Å²) in [6.07, 6.45) is 3.53. The van der Waals surface area contributed by atoms with E-state index in [2.05, 4.69) is 12.2 Å². The summed E-state index contributed by atoms with van der Waals surface area (Å²) in [6, 6.07) is 10.0. The second-order valence-corrected chi connectivity index (χ2v) is 4.84. The normalized spacial score (nSPS) is 12.1. The van der Waals surface area contributed by atoms with Crippen molar-refractivity contribution in [1.82, 2.24) is 5.32 Å². The highest BCUT2D eigenvalue weighted by Crippen LogP contribution is 2.31. The van der Waals surface area contributed by atoms with Crippen LogP contribution in [0.2, 0.25) is 0 Å². The van der Waals surface area contributed by atoms with Gasteiger partial charge in [-0.05, 0) is 43.3 Å². The number of nitrogens with one attached hydrogen (secondary N) is 1. The summed E-state index contributed by atoms with van der Waals surface area (Å²) in [5.74, 6) is 2.72. The van der Waals surface area contributed by atoms with Gasteiger partial charge in [0.1, 0.15) is 17.3 Å². The molecule has 1 N–H and O–H groups in total. The Hall–Kier alpha value is -1.94. The molecule has 2 aromatic rings. The highest BCUT2D eigenvalue weighted by Gasteiger charge is 2.17. The van der Waals surface area contributed by atoms with Crippen molar-refractivity contribution in [3.8, 4) is 11.5 Å². The number of furan rings is 1. The Bertz CT molecular complexity index is 537. The summed E-state index contributed by atoms with van der Waals surface area (Å²) in [6.45, 7) is 3.00. The Labute approximate surface area is 126 Å². The minimum atomic E-state index is 0.199. The van der Waals surface area contributed by atoms with Crippen LogP contribution in [-0.4, -0.2) is 20.8 Å². The first-order valence-electron chi connectivity index (χ1n) is 7.26. The standard InChI is InChI=1S/C17H23NO3/c1-4-18-16(9-7-13-6-5-11-21-13)15-12-14(19-2)8-10-17(15)20-3/h5-6,8,10-12,16,18H,4,7,9H2,1-3H3. The summed E-state index contributed by atoms with van der Waals surface area (Å²) in [7, 11) is 3.37. The van der Waals surface area contributed by atoms with Gasteiger partial charge in [-0.3, -0.25) is 0 Å². The first-order valence-corrected chi connectivity index (χ1v) is 7.26. The highest BCUT2D eigenvalue weighted by molar-refractivity contribution is 5.42. The summed E-state index contributed by atoms with van der Waals surface area (Å²) in [5.41, 5.74) is 1.12. The fourth-order valence-electron chi connectivity index (χ4n) is 2.47. The van der Waals surface area contributed by atoms with Crippen LogP contribution in [0.5, 0.6) is 11.5 Å². The highest BCUT2D eigenvalue weighted by atomic mass is 16.5. The summed E-state index contributed by atoms with van der Waals surface area (Å²) < 4.78 is 16.2. The summed E-state index contributed by atoms with van der Waals surface area (Å²) in [4.78, 5) is 0. The summed E-state index contributed by atoms with van der Waals surface area (Å²) >= 11 is 0. The van der Waals surface area contributed by atoms with Gasteiger partial charge < -0.3 is 19.2 Å². The smallest absolute Gasteiger partial charge is 0.123 e. The third kappa shape index (κ3) is 4.02. The summed E-state index contributed by atoms with van der Waals surface area (Å²) in [5, 5.41) is 3.51. The predicted octanol–water partition coefficient (Wildman–Crippen LogP) is 3.58. The number of hydrogen-bond donors (Lipinski definition) is 1. The molecule has 1 heterocycles. The zero-order chi connectivity index (χ0) is 15.1. The Morgan fingerprint density at radius 3 is 2.67 bits per heavy atom. The molecule has 0 saturated heterocycles. The van der Waals surface area contributed by atoms with E-state index in [9.17, 15) is 0 Å². The molecule has 1 aromatic heterocycles. The minimum absolute atomic E-state index is 0.199. The molecule has 21 heavy (non-hydrogen) atoms. The van der Waals surface area contributed by atoms with E-state index in [4.69, 9.17) is 13.9 Å². The number of hydrogen-bond acceptors (Lipinski definition) is 4. The Morgan fingerprint density at radius 2 is 2.05 bits per heavy atom. The van der Waals surface area contributed by atoms with E-state index in [1.807, 2.05) is 30.3 Å². The van der Waals surface area contributed by atoms with Gasteiger partial charge in [-0.2, -0.15) is 0 Å². The number of rotatable bonds is 8. The molecule has 0 aliphatic carbocycles. The van der Waals surface area contributed by atoms with Crippen LogP contribution < -0.4 is 14.8 Å². The van der Waals surface area contributed by atoms with E-state index in [-0.39, 0.29) is 6.04 Å². The van der Waals surface area contributed by atoms with Crippen LogP contribution in [0.1, 0.15) is 30.7 Å². The lowest BCUT2D eigenvalue weighted by Gasteiger charge is -2.21. The fraction of sp³-hybridized carbons (Fsp3) is 0.412. The second kappa shape index (κ2) is 7.74. The maximum atomic E-state index is 5.49. The van der Waals surface area contributed by atoms with Crippen LogP contribution in [0.25, 0.3) is 0 Å². The molecular formula is C17H23NO3. The van der Waals surface area contributed by atoms with Crippen molar-refractivity contribution >= 4 is 0 Å². The van der Waals surface area contributed by atoms with Crippen molar-refractivity contribution in [2.24, 2.45) is 0 Å². The van der Waals surface area contributed by atoms with Crippen molar-refractivity contribution in [1.29, 1.82) is 0 Å². The molecule has 1 unspecified atom stereocenters. The molecule has 1 aromatic carbocycles. The number of methoxy groups -OCH3 is 2. The lowest BCUT2D eigenvalue weighted by Crippen LogP contribution is -2.22. The van der Waals surface area contributed by atoms with E-state index in [0.29, 0.717) is 0 Å². The fourth-order valence-corrected chi connectivity index (χ4v) is 2.47. The van der Waals surface area contributed by atoms with Gasteiger partial charge in [-0.1, -0.05) is 6.92 Å². The van der Waals surface area contributed by atoms with E-state index >= 15 is 0 Å². The molecule has 1 atom stereocenters. The van der Waals surface area contributed by atoms with Gasteiger partial charge in [-0.15, -0.1) is 0 Å². The van der Waals surface area contributed by atoms with Crippen LogP contribution >= 0.6 is 0 Å². The van der Waals surface area contributed by atoms with Crippen molar-refractivity contribution in [3.05, 3.63) is 47.9 Å². The van der Waals surface area contributed by atoms with Crippen molar-refractivity contribution in [2.45, 2.75) is 25.8 Å². The van der Waals surface area contributed by atoms with E-state index < -0.39 is 0 Å². The largest absolute Gasteiger partial charge is 0.497 e. The SMILES string of the molecule is CCNC(CCc1ccco1)c1cc(OC)ccc1OC. The molecule has 2 rings (SSSR count). The Morgan fingerprint density at radius 1 is 1.19 bits per heavy atom. The van der Waals surface area contributed by atoms with Crippen LogP contribution in [-0.2, 0) is 6.42 Å². The molecular weight excluding hydrogens is 266 g/mol. The zero-order valence-electron chi connectivity index (χ0n) is 12.9. The molecule has 0 aliphatic rings. The molecule has 0 amide bonds. The molecule has 0 spiro atoms. The van der Waals surface area contributed by atoms with E-state index in [0.717, 1.165) is 42.2 Å². The van der Waals surface area contributed by atoms with Gasteiger partial charge in [0.25, 0.3) is 0 Å². The Balaban J connectivity index is 2.19. The average Bonchev–Trinajstić information content (AvgIpc) is 3.04. The van der Waals surface area contributed by atoms with Gasteiger partial charge in [0.05, 0.1) is 20.5 Å². The van der Waals surface area contributed by atoms with Gasteiger partial charge in [0.2, 0.25) is 0 Å². The molecule has 0 radical (unpaired) electrons. The average molecular weight is 289 g/mol. The quantitative estimate of drug-likeness (QED) is 0.806. The maximum Gasteiger partial charge on any atom is 0.123 e. The molecule has 114 valence electrons. The zero-order valence-corrected chi connectivity index (χ0v) is 12.9. The molecule has 0 saturated carbocycles. The van der Waals surface area contributed by atoms with Crippen molar-refractivity contribution in [2.75, 3.05) is 20.8 Å². The van der Waals surface area contributed by atoms with Crippen LogP contribution in [0, 0.1) is 0 Å². The maximum absolute atomic E-state index is 5.49. The van der Waals surface area contributed by atoms with Crippen molar-refractivity contribution < 1.29 is 13.9 Å². The second-order valence-electron chi connectivity index (χ2n) is 4.84. The number of ether oxygens (including phenoxy) is 2. The topological polar surface area (TPSA) is 43.6 Å². The molecule has 0 aliphatic heterocycles. The van der Waals surface area contributed by atoms with Crippen LogP contribution in [0.3, 0.4) is 0 Å². The molecule has 0 fully saturated rings. The molecule has 0 bridgehead atoms. The minimum Gasteiger partial charge on any atom is -0.497 e. The predicted molar refractivity (Wildman–Crippen MR) is 83.0 cm³/mol. The third-order valence-corrected chi connectivity index (χ3v) is 3.52. The molecule has 4 heteroatoms. The van der Waals surface area contributed by atoms with Gasteiger partial charge >= 0.3 is 0 Å². The Kier molecular flexibility index (Phi) is 5.69. The van der Waals surface area contributed by atoms with Gasteiger partial charge in [0, 0.05) is 18.0 Å².